The smallest absolute Gasteiger partial charge is 0.310 e. The van der Waals surface area contributed by atoms with Crippen molar-refractivity contribution in [2.75, 3.05) is 26.3 Å². The van der Waals surface area contributed by atoms with E-state index in [0.29, 0.717) is 19.7 Å². The Bertz CT molecular complexity index is 349. The summed E-state index contributed by atoms with van der Waals surface area (Å²) < 4.78 is 5.33. The molecule has 0 radical (unpaired) electrons. The second-order valence-electron chi connectivity index (χ2n) is 5.61. The Morgan fingerprint density at radius 1 is 1.33 bits per heavy atom. The Kier molecular flexibility index (Phi) is 7.67. The molecule has 0 aliphatic carbocycles. The second-order valence-corrected chi connectivity index (χ2v) is 5.61. The molecule has 0 spiro atoms. The highest BCUT2D eigenvalue weighted by atomic mass is 16.5. The summed E-state index contributed by atoms with van der Waals surface area (Å²) in [5.41, 5.74) is 0. The lowest BCUT2D eigenvalue weighted by molar-refractivity contribution is -0.144. The molecule has 1 aliphatic heterocycles. The number of carboxylic acids is 1. The van der Waals surface area contributed by atoms with Crippen molar-refractivity contribution in [1.29, 1.82) is 0 Å². The number of hydrogen-bond donors (Lipinski definition) is 2. The molecule has 1 heterocycles. The molecule has 21 heavy (non-hydrogen) atoms. The number of nitrogens with one attached hydrogen (secondary N) is 1. The number of nitrogens with zero attached hydrogens (tertiary/aromatic N) is 1. The zero-order valence-electron chi connectivity index (χ0n) is 13.3. The molecule has 1 fully saturated rings. The Balaban J connectivity index is 2.70. The van der Waals surface area contributed by atoms with Crippen LogP contribution in [0.2, 0.25) is 0 Å². The van der Waals surface area contributed by atoms with E-state index in [1.54, 1.807) is 0 Å². The fourth-order valence-electron chi connectivity index (χ4n) is 2.70. The monoisotopic (exact) mass is 300 g/mol. The van der Waals surface area contributed by atoms with Crippen LogP contribution < -0.4 is 5.32 Å². The molecule has 1 aliphatic rings. The van der Waals surface area contributed by atoms with Gasteiger partial charge in [0.1, 0.15) is 0 Å². The van der Waals surface area contributed by atoms with Crippen molar-refractivity contribution in [3.05, 3.63) is 0 Å². The minimum Gasteiger partial charge on any atom is -0.481 e. The predicted octanol–water partition coefficient (Wildman–Crippen LogP) is 1.10. The fourth-order valence-corrected chi connectivity index (χ4v) is 2.70. The van der Waals surface area contributed by atoms with Crippen molar-refractivity contribution >= 4 is 11.9 Å². The van der Waals surface area contributed by atoms with E-state index in [9.17, 15) is 14.7 Å². The van der Waals surface area contributed by atoms with Crippen LogP contribution >= 0.6 is 0 Å². The molecule has 1 saturated heterocycles. The highest BCUT2D eigenvalue weighted by molar-refractivity contribution is 5.81. The molecule has 6 nitrogen and oxygen atoms in total. The van der Waals surface area contributed by atoms with Crippen molar-refractivity contribution in [3.8, 4) is 0 Å². The minimum absolute atomic E-state index is 0.0343. The van der Waals surface area contributed by atoms with E-state index < -0.39 is 11.9 Å². The van der Waals surface area contributed by atoms with Crippen molar-refractivity contribution in [3.63, 3.8) is 0 Å². The van der Waals surface area contributed by atoms with Gasteiger partial charge in [0.25, 0.3) is 0 Å². The van der Waals surface area contributed by atoms with Crippen LogP contribution in [0.3, 0.4) is 0 Å². The van der Waals surface area contributed by atoms with Gasteiger partial charge in [0.05, 0.1) is 25.2 Å². The second kappa shape index (κ2) is 9.00. The lowest BCUT2D eigenvalue weighted by Gasteiger charge is -2.34. The summed E-state index contributed by atoms with van der Waals surface area (Å²) in [6, 6.07) is -0.565. The Labute approximate surface area is 126 Å². The van der Waals surface area contributed by atoms with Crippen LogP contribution in [0.25, 0.3) is 0 Å². The molecule has 0 bridgehead atoms. The van der Waals surface area contributed by atoms with Crippen molar-refractivity contribution < 1.29 is 19.4 Å². The van der Waals surface area contributed by atoms with E-state index in [4.69, 9.17) is 4.74 Å². The number of aliphatic carboxylic acids is 1. The summed E-state index contributed by atoms with van der Waals surface area (Å²) in [5.74, 6) is -1.44. The summed E-state index contributed by atoms with van der Waals surface area (Å²) in [6.45, 7) is 7.91. The van der Waals surface area contributed by atoms with Gasteiger partial charge >= 0.3 is 5.97 Å². The third kappa shape index (κ3) is 4.97. The first-order valence-corrected chi connectivity index (χ1v) is 7.86. The maximum atomic E-state index is 12.2. The average Bonchev–Trinajstić information content (AvgIpc) is 2.93. The van der Waals surface area contributed by atoms with Gasteiger partial charge in [0.15, 0.2) is 0 Å². The Hall–Kier alpha value is -1.14. The summed E-state index contributed by atoms with van der Waals surface area (Å²) in [4.78, 5) is 25.5. The van der Waals surface area contributed by atoms with Crippen LogP contribution in [0.1, 0.15) is 40.0 Å². The highest BCUT2D eigenvalue weighted by Gasteiger charge is 2.40. The molecule has 1 rings (SSSR count). The summed E-state index contributed by atoms with van der Waals surface area (Å²) in [5, 5.41) is 12.2. The quantitative estimate of drug-likeness (QED) is 0.624. The molecular formula is C15H28N2O4. The molecule has 0 aromatic carbocycles. The molecule has 3 unspecified atom stereocenters. The van der Waals surface area contributed by atoms with Crippen LogP contribution in [-0.4, -0.2) is 60.3 Å². The van der Waals surface area contributed by atoms with Gasteiger partial charge < -0.3 is 15.2 Å². The van der Waals surface area contributed by atoms with Crippen molar-refractivity contribution in [2.24, 2.45) is 5.92 Å². The molecule has 0 aromatic heterocycles. The Morgan fingerprint density at radius 2 is 2.05 bits per heavy atom. The standard InChI is InChI=1S/C15H28N2O4/c1-4-6-7-16-14(18)11(3)17(8-5-2)13-10-21-9-12(13)15(19)20/h11-13H,4-10H2,1-3H3,(H,16,18)(H,19,20). The molecule has 0 aromatic rings. The minimum atomic E-state index is -0.850. The molecule has 6 heteroatoms. The zero-order chi connectivity index (χ0) is 15.8. The maximum Gasteiger partial charge on any atom is 0.310 e. The van der Waals surface area contributed by atoms with Crippen molar-refractivity contribution in [1.82, 2.24) is 10.2 Å². The molecule has 2 N–H and O–H groups in total. The van der Waals surface area contributed by atoms with Gasteiger partial charge in [-0.2, -0.15) is 0 Å². The van der Waals surface area contributed by atoms with E-state index in [-0.39, 0.29) is 24.6 Å². The number of amides is 1. The fraction of sp³-hybridized carbons (Fsp3) is 0.867. The van der Waals surface area contributed by atoms with Gasteiger partial charge in [0, 0.05) is 12.6 Å². The molecule has 1 amide bonds. The zero-order valence-corrected chi connectivity index (χ0v) is 13.3. The van der Waals surface area contributed by atoms with Gasteiger partial charge in [-0.05, 0) is 26.3 Å². The van der Waals surface area contributed by atoms with E-state index >= 15 is 0 Å². The summed E-state index contributed by atoms with van der Waals surface area (Å²) >= 11 is 0. The third-order valence-corrected chi connectivity index (χ3v) is 3.98. The van der Waals surface area contributed by atoms with Crippen LogP contribution in [0.15, 0.2) is 0 Å². The number of carbonyl (C=O) groups excluding carboxylic acids is 1. The highest BCUT2D eigenvalue weighted by Crippen LogP contribution is 2.22. The number of ether oxygens (including phenoxy) is 1. The van der Waals surface area contributed by atoms with Gasteiger partial charge in [-0.25, -0.2) is 0 Å². The van der Waals surface area contributed by atoms with Crippen LogP contribution in [-0.2, 0) is 14.3 Å². The number of rotatable bonds is 9. The van der Waals surface area contributed by atoms with Crippen LogP contribution in [0, 0.1) is 5.92 Å². The topological polar surface area (TPSA) is 78.9 Å². The van der Waals surface area contributed by atoms with Gasteiger partial charge in [-0.15, -0.1) is 0 Å². The first-order valence-electron chi connectivity index (χ1n) is 7.86. The van der Waals surface area contributed by atoms with Gasteiger partial charge in [0.2, 0.25) is 5.91 Å². The summed E-state index contributed by atoms with van der Waals surface area (Å²) in [7, 11) is 0. The Morgan fingerprint density at radius 3 is 2.62 bits per heavy atom. The van der Waals surface area contributed by atoms with E-state index in [2.05, 4.69) is 12.2 Å². The normalized spacial score (nSPS) is 23.2. The molecule has 3 atom stereocenters. The average molecular weight is 300 g/mol. The first kappa shape index (κ1) is 17.9. The SMILES string of the molecule is CCCCNC(=O)C(C)N(CCC)C1COCC1C(=O)O. The molecule has 0 saturated carbocycles. The lowest BCUT2D eigenvalue weighted by atomic mass is 10.00. The van der Waals surface area contributed by atoms with Crippen LogP contribution in [0.4, 0.5) is 0 Å². The van der Waals surface area contributed by atoms with Crippen LogP contribution in [0.5, 0.6) is 0 Å². The molecule has 122 valence electrons. The van der Waals surface area contributed by atoms with E-state index in [0.717, 1.165) is 19.3 Å². The largest absolute Gasteiger partial charge is 0.481 e. The maximum absolute atomic E-state index is 12.2. The molecular weight excluding hydrogens is 272 g/mol. The predicted molar refractivity (Wildman–Crippen MR) is 80.1 cm³/mol. The van der Waals surface area contributed by atoms with Gasteiger partial charge in [-0.3, -0.25) is 14.5 Å². The third-order valence-electron chi connectivity index (χ3n) is 3.98. The first-order chi connectivity index (χ1) is 10.0. The number of unbranched alkanes of at least 4 members (excludes halogenated alkanes) is 1. The van der Waals surface area contributed by atoms with E-state index in [1.807, 2.05) is 18.7 Å². The van der Waals surface area contributed by atoms with Crippen molar-refractivity contribution in [2.45, 2.75) is 52.1 Å². The number of carbonyl (C=O) groups is 2. The summed E-state index contributed by atoms with van der Waals surface area (Å²) in [6.07, 6.45) is 2.86. The van der Waals surface area contributed by atoms with Gasteiger partial charge in [-0.1, -0.05) is 20.3 Å². The lowest BCUT2D eigenvalue weighted by Crippen LogP contribution is -2.53. The number of carboxylic acid groups (broad SMARTS) is 1. The number of hydrogen-bond acceptors (Lipinski definition) is 4. The van der Waals surface area contributed by atoms with E-state index in [1.165, 1.54) is 0 Å².